The zero-order valence-corrected chi connectivity index (χ0v) is 9.57. The lowest BCUT2D eigenvalue weighted by molar-refractivity contribution is 0.101. The van der Waals surface area contributed by atoms with Crippen molar-refractivity contribution in [3.63, 3.8) is 0 Å². The number of hydrogen-bond acceptors (Lipinski definition) is 4. The molecule has 1 aromatic carbocycles. The van der Waals surface area contributed by atoms with Gasteiger partial charge >= 0.3 is 0 Å². The average molecular weight is 230 g/mol. The van der Waals surface area contributed by atoms with Gasteiger partial charge in [0.15, 0.2) is 10.9 Å². The number of benzene rings is 1. The average Bonchev–Trinajstić information content (AvgIpc) is 2.31. The molecule has 4 heteroatoms. The predicted octanol–water partition coefficient (Wildman–Crippen LogP) is 2.83. The maximum atomic E-state index is 11.1. The van der Waals surface area contributed by atoms with Crippen LogP contribution in [-0.2, 0) is 0 Å². The van der Waals surface area contributed by atoms with Crippen LogP contribution < -0.4 is 0 Å². The summed E-state index contributed by atoms with van der Waals surface area (Å²) in [5.41, 5.74) is 0.721. The van der Waals surface area contributed by atoms with Crippen LogP contribution >= 0.6 is 11.8 Å². The molecular formula is C12H10N2OS. The van der Waals surface area contributed by atoms with Crippen LogP contribution in [0.15, 0.2) is 52.8 Å². The van der Waals surface area contributed by atoms with Gasteiger partial charge in [0.05, 0.1) is 0 Å². The highest BCUT2D eigenvalue weighted by atomic mass is 32.2. The Morgan fingerprint density at radius 1 is 1.12 bits per heavy atom. The Kier molecular flexibility index (Phi) is 3.31. The lowest BCUT2D eigenvalue weighted by atomic mass is 10.2. The highest BCUT2D eigenvalue weighted by Crippen LogP contribution is 2.23. The molecule has 0 N–H and O–H groups in total. The van der Waals surface area contributed by atoms with E-state index in [9.17, 15) is 4.79 Å². The van der Waals surface area contributed by atoms with E-state index in [-0.39, 0.29) is 5.78 Å². The Labute approximate surface area is 97.9 Å². The Balaban J connectivity index is 2.14. The second kappa shape index (κ2) is 4.90. The largest absolute Gasteiger partial charge is 0.295 e. The molecule has 1 aromatic heterocycles. The van der Waals surface area contributed by atoms with E-state index in [1.165, 1.54) is 11.8 Å². The first-order valence-corrected chi connectivity index (χ1v) is 5.63. The van der Waals surface area contributed by atoms with Crippen LogP contribution in [0.3, 0.4) is 0 Å². The third kappa shape index (κ3) is 2.67. The fourth-order valence-corrected chi connectivity index (χ4v) is 1.91. The molecular weight excluding hydrogens is 220 g/mol. The highest BCUT2D eigenvalue weighted by Gasteiger charge is 2.01. The summed E-state index contributed by atoms with van der Waals surface area (Å²) in [5, 5.41) is 0.707. The van der Waals surface area contributed by atoms with E-state index in [1.807, 2.05) is 24.3 Å². The summed E-state index contributed by atoms with van der Waals surface area (Å²) in [5.74, 6) is 0.0764. The molecule has 0 atom stereocenters. The van der Waals surface area contributed by atoms with Gasteiger partial charge in [0.25, 0.3) is 0 Å². The van der Waals surface area contributed by atoms with Crippen molar-refractivity contribution in [2.24, 2.45) is 0 Å². The standard InChI is InChI=1S/C12H10N2OS/c1-9(15)10-3-5-11(6-4-10)16-12-13-7-2-8-14-12/h2-8H,1H3. The molecule has 0 spiro atoms. The number of Topliss-reactive ketones (excluding diaryl/α,β-unsaturated/α-hetero) is 1. The van der Waals surface area contributed by atoms with Crippen molar-refractivity contribution in [2.75, 3.05) is 0 Å². The smallest absolute Gasteiger partial charge is 0.192 e. The Morgan fingerprint density at radius 2 is 1.75 bits per heavy atom. The number of aromatic nitrogens is 2. The summed E-state index contributed by atoms with van der Waals surface area (Å²) >= 11 is 1.47. The van der Waals surface area contributed by atoms with Crippen LogP contribution in [-0.4, -0.2) is 15.8 Å². The van der Waals surface area contributed by atoms with Crippen molar-refractivity contribution in [2.45, 2.75) is 17.0 Å². The third-order valence-electron chi connectivity index (χ3n) is 2.01. The van der Waals surface area contributed by atoms with Crippen molar-refractivity contribution < 1.29 is 4.79 Å². The predicted molar refractivity (Wildman–Crippen MR) is 62.6 cm³/mol. The van der Waals surface area contributed by atoms with E-state index in [0.29, 0.717) is 5.16 Å². The SMILES string of the molecule is CC(=O)c1ccc(Sc2ncccn2)cc1. The molecule has 1 heterocycles. The maximum Gasteiger partial charge on any atom is 0.192 e. The maximum absolute atomic E-state index is 11.1. The first-order chi connectivity index (χ1) is 7.75. The zero-order chi connectivity index (χ0) is 11.4. The minimum atomic E-state index is 0.0764. The highest BCUT2D eigenvalue weighted by molar-refractivity contribution is 7.99. The second-order valence-electron chi connectivity index (χ2n) is 3.21. The molecule has 2 aromatic rings. The minimum Gasteiger partial charge on any atom is -0.295 e. The van der Waals surface area contributed by atoms with Gasteiger partial charge in [-0.1, -0.05) is 12.1 Å². The molecule has 0 aliphatic carbocycles. The molecule has 0 bridgehead atoms. The van der Waals surface area contributed by atoms with Crippen LogP contribution in [0.25, 0.3) is 0 Å². The van der Waals surface area contributed by atoms with Crippen molar-refractivity contribution in [3.05, 3.63) is 48.3 Å². The fourth-order valence-electron chi connectivity index (χ4n) is 1.20. The molecule has 80 valence electrons. The Hall–Kier alpha value is -1.68. The van der Waals surface area contributed by atoms with Gasteiger partial charge in [-0.2, -0.15) is 0 Å². The normalized spacial score (nSPS) is 10.1. The molecule has 0 amide bonds. The minimum absolute atomic E-state index is 0.0764. The van der Waals surface area contributed by atoms with Gasteiger partial charge in [0, 0.05) is 22.9 Å². The topological polar surface area (TPSA) is 42.9 Å². The fraction of sp³-hybridized carbons (Fsp3) is 0.0833. The number of nitrogens with zero attached hydrogens (tertiary/aromatic N) is 2. The van der Waals surface area contributed by atoms with E-state index in [1.54, 1.807) is 25.4 Å². The van der Waals surface area contributed by atoms with Gasteiger partial charge in [0.2, 0.25) is 0 Å². The summed E-state index contributed by atoms with van der Waals surface area (Å²) in [6.45, 7) is 1.56. The van der Waals surface area contributed by atoms with Crippen LogP contribution in [0.2, 0.25) is 0 Å². The van der Waals surface area contributed by atoms with Crippen LogP contribution in [0.4, 0.5) is 0 Å². The molecule has 2 rings (SSSR count). The van der Waals surface area contributed by atoms with Gasteiger partial charge in [-0.15, -0.1) is 0 Å². The molecule has 0 unspecified atom stereocenters. The Morgan fingerprint density at radius 3 is 2.31 bits per heavy atom. The van der Waals surface area contributed by atoms with Gasteiger partial charge in [-0.3, -0.25) is 4.79 Å². The monoisotopic (exact) mass is 230 g/mol. The summed E-state index contributed by atoms with van der Waals surface area (Å²) in [7, 11) is 0. The van der Waals surface area contributed by atoms with Crippen molar-refractivity contribution >= 4 is 17.5 Å². The van der Waals surface area contributed by atoms with E-state index >= 15 is 0 Å². The molecule has 0 aliphatic rings. The lowest BCUT2D eigenvalue weighted by Crippen LogP contribution is -1.90. The van der Waals surface area contributed by atoms with Crippen molar-refractivity contribution in [3.8, 4) is 0 Å². The number of hydrogen-bond donors (Lipinski definition) is 0. The number of carbonyl (C=O) groups is 1. The van der Waals surface area contributed by atoms with Crippen LogP contribution in [0.5, 0.6) is 0 Å². The van der Waals surface area contributed by atoms with Crippen molar-refractivity contribution in [1.82, 2.24) is 9.97 Å². The molecule has 0 aliphatic heterocycles. The lowest BCUT2D eigenvalue weighted by Gasteiger charge is -2.00. The number of ketones is 1. The molecule has 16 heavy (non-hydrogen) atoms. The van der Waals surface area contributed by atoms with Gasteiger partial charge in [-0.25, -0.2) is 9.97 Å². The summed E-state index contributed by atoms with van der Waals surface area (Å²) in [4.78, 5) is 20.3. The molecule has 0 fully saturated rings. The third-order valence-corrected chi connectivity index (χ3v) is 2.91. The van der Waals surface area contributed by atoms with Crippen molar-refractivity contribution in [1.29, 1.82) is 0 Å². The first kappa shape index (κ1) is 10.8. The Bertz CT molecular complexity index is 482. The van der Waals surface area contributed by atoms with Crippen LogP contribution in [0, 0.1) is 0 Å². The van der Waals surface area contributed by atoms with Crippen LogP contribution in [0.1, 0.15) is 17.3 Å². The van der Waals surface area contributed by atoms with E-state index in [4.69, 9.17) is 0 Å². The molecule has 0 saturated carbocycles. The van der Waals surface area contributed by atoms with E-state index in [2.05, 4.69) is 9.97 Å². The van der Waals surface area contributed by atoms with Gasteiger partial charge in [-0.05, 0) is 36.9 Å². The quantitative estimate of drug-likeness (QED) is 0.600. The number of rotatable bonds is 3. The van der Waals surface area contributed by atoms with E-state index < -0.39 is 0 Å². The first-order valence-electron chi connectivity index (χ1n) is 4.81. The molecule has 0 saturated heterocycles. The summed E-state index contributed by atoms with van der Waals surface area (Å²) in [6, 6.07) is 9.21. The number of carbonyl (C=O) groups excluding carboxylic acids is 1. The van der Waals surface area contributed by atoms with Gasteiger partial charge < -0.3 is 0 Å². The summed E-state index contributed by atoms with van der Waals surface area (Å²) in [6.07, 6.45) is 3.42. The van der Waals surface area contributed by atoms with Gasteiger partial charge in [0.1, 0.15) is 0 Å². The molecule has 0 radical (unpaired) electrons. The second-order valence-corrected chi connectivity index (χ2v) is 4.25. The molecule has 3 nitrogen and oxygen atoms in total. The van der Waals surface area contributed by atoms with E-state index in [0.717, 1.165) is 10.5 Å². The zero-order valence-electron chi connectivity index (χ0n) is 8.75. The summed E-state index contributed by atoms with van der Waals surface area (Å²) < 4.78 is 0.